The summed E-state index contributed by atoms with van der Waals surface area (Å²) in [6, 6.07) is 14.8. The van der Waals surface area contributed by atoms with Gasteiger partial charge in [0.05, 0.1) is 16.3 Å². The number of fused-ring (bicyclic) bond motifs is 1. The molecule has 1 heterocycles. The maximum atomic E-state index is 12.9. The largest absolute Gasteiger partial charge is 0.364 e. The lowest BCUT2D eigenvalue weighted by molar-refractivity contribution is -0.111. The Kier molecular flexibility index (Phi) is 4.60. The van der Waals surface area contributed by atoms with E-state index in [1.54, 1.807) is 12.1 Å². The number of carbonyl (C=O) groups excluding carboxylic acids is 1. The normalized spacial score (nSPS) is 13.8. The van der Waals surface area contributed by atoms with E-state index in [-0.39, 0.29) is 4.90 Å². The Morgan fingerprint density at radius 3 is 2.54 bits per heavy atom. The Balaban J connectivity index is 1.83. The van der Waals surface area contributed by atoms with Gasteiger partial charge in [0.15, 0.2) is 0 Å². The van der Waals surface area contributed by atoms with Gasteiger partial charge < -0.3 is 5.73 Å². The van der Waals surface area contributed by atoms with Crippen LogP contribution in [0.4, 0.5) is 11.4 Å². The van der Waals surface area contributed by atoms with Crippen molar-refractivity contribution in [3.8, 4) is 6.07 Å². The topological polar surface area (TPSA) is 129 Å². The van der Waals surface area contributed by atoms with E-state index >= 15 is 0 Å². The molecule has 26 heavy (non-hydrogen) atoms. The molecular formula is C17H15N5O3S. The Labute approximate surface area is 150 Å². The Morgan fingerprint density at radius 1 is 1.19 bits per heavy atom. The second-order valence-corrected chi connectivity index (χ2v) is 7.39. The summed E-state index contributed by atoms with van der Waals surface area (Å²) in [7, 11) is -3.67. The quantitative estimate of drug-likeness (QED) is 0.605. The van der Waals surface area contributed by atoms with Crippen molar-refractivity contribution in [3.63, 3.8) is 0 Å². The van der Waals surface area contributed by atoms with Crippen molar-refractivity contribution in [2.24, 2.45) is 10.8 Å². The van der Waals surface area contributed by atoms with Gasteiger partial charge in [-0.2, -0.15) is 10.4 Å². The number of sulfonamides is 1. The first-order valence-electron chi connectivity index (χ1n) is 7.68. The van der Waals surface area contributed by atoms with Gasteiger partial charge >= 0.3 is 0 Å². The fourth-order valence-corrected chi connectivity index (χ4v) is 4.15. The fraction of sp³-hybridized carbons (Fsp3) is 0.118. The van der Waals surface area contributed by atoms with E-state index in [9.17, 15) is 13.2 Å². The number of hydrogen-bond donors (Lipinski definition) is 2. The summed E-state index contributed by atoms with van der Waals surface area (Å²) in [5.74, 6) is -0.952. The molecule has 0 bridgehead atoms. The van der Waals surface area contributed by atoms with Crippen molar-refractivity contribution in [3.05, 3.63) is 54.1 Å². The molecule has 0 fully saturated rings. The van der Waals surface area contributed by atoms with Crippen molar-refractivity contribution < 1.29 is 13.2 Å². The summed E-state index contributed by atoms with van der Waals surface area (Å²) < 4.78 is 27.2. The molecule has 2 aromatic carbocycles. The number of hydrogen-bond acceptors (Lipinski definition) is 6. The molecular weight excluding hydrogens is 354 g/mol. The van der Waals surface area contributed by atoms with Gasteiger partial charge in [0.1, 0.15) is 6.07 Å². The number of hydrazone groups is 1. The highest BCUT2D eigenvalue weighted by Gasteiger charge is 2.30. The molecule has 0 aromatic heterocycles. The minimum Gasteiger partial charge on any atom is -0.364 e. The van der Waals surface area contributed by atoms with Crippen LogP contribution in [0.5, 0.6) is 0 Å². The fourth-order valence-electron chi connectivity index (χ4n) is 2.64. The zero-order valence-electron chi connectivity index (χ0n) is 13.6. The van der Waals surface area contributed by atoms with Crippen molar-refractivity contribution in [2.45, 2.75) is 11.3 Å². The van der Waals surface area contributed by atoms with Crippen LogP contribution in [0.2, 0.25) is 0 Å². The number of benzene rings is 2. The van der Waals surface area contributed by atoms with Crippen LogP contribution in [0.25, 0.3) is 0 Å². The van der Waals surface area contributed by atoms with Crippen LogP contribution in [-0.4, -0.2) is 26.6 Å². The standard InChI is InChI=1S/C17H15N5O3S/c18-11-15(17(19)23)21-20-13-5-7-14(8-6-13)26(24,25)22-10-9-12-3-1-2-4-16(12)22/h1-8,20H,9-10H2,(H2,19,23). The van der Waals surface area contributed by atoms with E-state index in [2.05, 4.69) is 10.5 Å². The van der Waals surface area contributed by atoms with Crippen LogP contribution in [0.15, 0.2) is 58.5 Å². The average Bonchev–Trinajstić information content (AvgIpc) is 3.07. The highest BCUT2D eigenvalue weighted by atomic mass is 32.2. The molecule has 9 heteroatoms. The molecule has 0 unspecified atom stereocenters. The third-order valence-electron chi connectivity index (χ3n) is 3.92. The van der Waals surface area contributed by atoms with Gasteiger partial charge in [-0.25, -0.2) is 8.42 Å². The van der Waals surface area contributed by atoms with Crippen LogP contribution in [0, 0.1) is 11.3 Å². The second kappa shape index (κ2) is 6.85. The molecule has 0 aliphatic carbocycles. The number of nitrogens with zero attached hydrogens (tertiary/aromatic N) is 3. The van der Waals surface area contributed by atoms with Crippen LogP contribution >= 0.6 is 0 Å². The van der Waals surface area contributed by atoms with Crippen molar-refractivity contribution >= 4 is 33.0 Å². The summed E-state index contributed by atoms with van der Waals surface area (Å²) in [6.07, 6.45) is 0.674. The van der Waals surface area contributed by atoms with Crippen LogP contribution in [0.3, 0.4) is 0 Å². The number of rotatable bonds is 5. The van der Waals surface area contributed by atoms with Crippen molar-refractivity contribution in [2.75, 3.05) is 16.3 Å². The number of para-hydroxylation sites is 1. The average molecular weight is 369 g/mol. The van der Waals surface area contributed by atoms with Gasteiger partial charge in [-0.15, -0.1) is 0 Å². The molecule has 3 rings (SSSR count). The predicted octanol–water partition coefficient (Wildman–Crippen LogP) is 1.21. The summed E-state index contributed by atoms with van der Waals surface area (Å²) in [5, 5.41) is 12.3. The Morgan fingerprint density at radius 2 is 1.88 bits per heavy atom. The van der Waals surface area contributed by atoms with Crippen LogP contribution in [0.1, 0.15) is 5.56 Å². The molecule has 3 N–H and O–H groups in total. The third-order valence-corrected chi connectivity index (χ3v) is 5.75. The lowest BCUT2D eigenvalue weighted by atomic mass is 10.2. The first-order chi connectivity index (χ1) is 12.4. The number of amides is 1. The van der Waals surface area contributed by atoms with Gasteiger partial charge in [0, 0.05) is 6.54 Å². The molecule has 0 radical (unpaired) electrons. The van der Waals surface area contributed by atoms with Gasteiger partial charge in [-0.05, 0) is 42.3 Å². The van der Waals surface area contributed by atoms with Gasteiger partial charge in [0.2, 0.25) is 5.71 Å². The number of anilines is 2. The van der Waals surface area contributed by atoms with Crippen LogP contribution < -0.4 is 15.5 Å². The minimum absolute atomic E-state index is 0.138. The first-order valence-corrected chi connectivity index (χ1v) is 9.12. The molecule has 0 spiro atoms. The van der Waals surface area contributed by atoms with E-state index < -0.39 is 21.6 Å². The molecule has 0 saturated heterocycles. The zero-order valence-corrected chi connectivity index (χ0v) is 14.4. The lowest BCUT2D eigenvalue weighted by Crippen LogP contribution is -2.29. The molecule has 1 amide bonds. The first kappa shape index (κ1) is 17.4. The van der Waals surface area contributed by atoms with Gasteiger partial charge in [0.25, 0.3) is 15.9 Å². The molecule has 1 aliphatic heterocycles. The van der Waals surface area contributed by atoms with Crippen molar-refractivity contribution in [1.29, 1.82) is 5.26 Å². The molecule has 8 nitrogen and oxygen atoms in total. The predicted molar refractivity (Wildman–Crippen MR) is 97.0 cm³/mol. The summed E-state index contributed by atoms with van der Waals surface area (Å²) in [4.78, 5) is 11.1. The van der Waals surface area contributed by atoms with E-state index in [4.69, 9.17) is 11.0 Å². The molecule has 2 aromatic rings. The minimum atomic E-state index is -3.67. The van der Waals surface area contributed by atoms with E-state index in [0.29, 0.717) is 24.3 Å². The summed E-state index contributed by atoms with van der Waals surface area (Å²) in [5.41, 5.74) is 9.11. The van der Waals surface area contributed by atoms with Gasteiger partial charge in [-0.1, -0.05) is 18.2 Å². The van der Waals surface area contributed by atoms with E-state index in [1.807, 2.05) is 18.2 Å². The maximum absolute atomic E-state index is 12.9. The van der Waals surface area contributed by atoms with Gasteiger partial charge in [-0.3, -0.25) is 14.5 Å². The number of nitriles is 1. The Bertz CT molecular complexity index is 1020. The van der Waals surface area contributed by atoms with Crippen LogP contribution in [-0.2, 0) is 21.2 Å². The maximum Gasteiger partial charge on any atom is 0.280 e. The number of carbonyl (C=O) groups is 1. The molecule has 1 aliphatic rings. The monoisotopic (exact) mass is 369 g/mol. The zero-order chi connectivity index (χ0) is 18.7. The highest BCUT2D eigenvalue weighted by molar-refractivity contribution is 7.92. The smallest absolute Gasteiger partial charge is 0.280 e. The van der Waals surface area contributed by atoms with Crippen molar-refractivity contribution in [1.82, 2.24) is 0 Å². The Hall–Kier alpha value is -3.38. The van der Waals surface area contributed by atoms with E-state index in [1.165, 1.54) is 28.6 Å². The molecule has 0 saturated carbocycles. The number of primary amides is 1. The summed E-state index contributed by atoms with van der Waals surface area (Å²) >= 11 is 0. The second-order valence-electron chi connectivity index (χ2n) is 5.53. The lowest BCUT2D eigenvalue weighted by Gasteiger charge is -2.19. The highest BCUT2D eigenvalue weighted by Crippen LogP contribution is 2.32. The third kappa shape index (κ3) is 3.22. The number of nitrogens with two attached hydrogens (primary N) is 1. The molecule has 0 atom stereocenters. The number of nitrogens with one attached hydrogen (secondary N) is 1. The molecule has 132 valence electrons. The summed E-state index contributed by atoms with van der Waals surface area (Å²) in [6.45, 7) is 0.399. The SMILES string of the molecule is N#CC(=NNc1ccc(S(=O)(=O)N2CCc3ccccc32)cc1)C(N)=O. The van der Waals surface area contributed by atoms with E-state index in [0.717, 1.165) is 5.56 Å².